The SMILES string of the molecule is CCOC(=O)CCCc1[nH]c2ccccc2c1C(=O)CCC(=O)OCC. The molecule has 0 atom stereocenters. The maximum Gasteiger partial charge on any atom is 0.306 e. The number of H-pyrrole nitrogens is 1. The highest BCUT2D eigenvalue weighted by Crippen LogP contribution is 2.25. The summed E-state index contributed by atoms with van der Waals surface area (Å²) in [6.07, 6.45) is 1.62. The average molecular weight is 359 g/mol. The quantitative estimate of drug-likeness (QED) is 0.518. The van der Waals surface area contributed by atoms with Gasteiger partial charge >= 0.3 is 11.9 Å². The van der Waals surface area contributed by atoms with Gasteiger partial charge in [-0.2, -0.15) is 0 Å². The lowest BCUT2D eigenvalue weighted by atomic mass is 10.0. The third kappa shape index (κ3) is 5.18. The molecule has 0 saturated carbocycles. The lowest BCUT2D eigenvalue weighted by Crippen LogP contribution is -2.09. The Morgan fingerprint density at radius 1 is 0.923 bits per heavy atom. The monoisotopic (exact) mass is 359 g/mol. The number of carbonyl (C=O) groups excluding carboxylic acids is 3. The van der Waals surface area contributed by atoms with Crippen molar-refractivity contribution in [3.05, 3.63) is 35.5 Å². The summed E-state index contributed by atoms with van der Waals surface area (Å²) in [4.78, 5) is 39.1. The third-order valence-corrected chi connectivity index (χ3v) is 4.04. The smallest absolute Gasteiger partial charge is 0.306 e. The number of para-hydroxylation sites is 1. The zero-order chi connectivity index (χ0) is 18.9. The molecule has 6 heteroatoms. The minimum atomic E-state index is -0.371. The Labute approximate surface area is 152 Å². The highest BCUT2D eigenvalue weighted by molar-refractivity contribution is 6.09. The van der Waals surface area contributed by atoms with Crippen molar-refractivity contribution in [2.24, 2.45) is 0 Å². The number of rotatable bonds is 10. The molecule has 0 bridgehead atoms. The van der Waals surface area contributed by atoms with Gasteiger partial charge in [0.1, 0.15) is 0 Å². The number of esters is 2. The molecule has 1 N–H and O–H groups in total. The molecule has 26 heavy (non-hydrogen) atoms. The molecule has 0 saturated heterocycles. The van der Waals surface area contributed by atoms with Gasteiger partial charge in [0.2, 0.25) is 0 Å². The van der Waals surface area contributed by atoms with Crippen molar-refractivity contribution >= 4 is 28.6 Å². The fourth-order valence-corrected chi connectivity index (χ4v) is 2.92. The molecular weight excluding hydrogens is 334 g/mol. The van der Waals surface area contributed by atoms with Crippen LogP contribution in [0.15, 0.2) is 24.3 Å². The Morgan fingerprint density at radius 2 is 1.58 bits per heavy atom. The van der Waals surface area contributed by atoms with Gasteiger partial charge in [-0.1, -0.05) is 18.2 Å². The second-order valence-electron chi connectivity index (χ2n) is 5.91. The molecule has 1 heterocycles. The summed E-state index contributed by atoms with van der Waals surface area (Å²) in [5.41, 5.74) is 2.27. The van der Waals surface area contributed by atoms with E-state index in [4.69, 9.17) is 9.47 Å². The minimum Gasteiger partial charge on any atom is -0.466 e. The number of hydrogen-bond acceptors (Lipinski definition) is 5. The van der Waals surface area contributed by atoms with E-state index in [0.29, 0.717) is 38.0 Å². The van der Waals surface area contributed by atoms with E-state index >= 15 is 0 Å². The maximum atomic E-state index is 12.7. The van der Waals surface area contributed by atoms with Crippen molar-refractivity contribution in [2.75, 3.05) is 13.2 Å². The van der Waals surface area contributed by atoms with Gasteiger partial charge in [-0.05, 0) is 32.8 Å². The summed E-state index contributed by atoms with van der Waals surface area (Å²) >= 11 is 0. The molecule has 1 aromatic carbocycles. The van der Waals surface area contributed by atoms with Crippen molar-refractivity contribution in [2.45, 2.75) is 46.0 Å². The lowest BCUT2D eigenvalue weighted by molar-refractivity contribution is -0.144. The molecule has 0 aliphatic rings. The summed E-state index contributed by atoms with van der Waals surface area (Å²) < 4.78 is 9.83. The molecule has 0 aliphatic carbocycles. The summed E-state index contributed by atoms with van der Waals surface area (Å²) in [5.74, 6) is -0.704. The van der Waals surface area contributed by atoms with Gasteiger partial charge < -0.3 is 14.5 Å². The lowest BCUT2D eigenvalue weighted by Gasteiger charge is -2.05. The average Bonchev–Trinajstić information content (AvgIpc) is 2.98. The van der Waals surface area contributed by atoms with Crippen LogP contribution in [0, 0.1) is 0 Å². The summed E-state index contributed by atoms with van der Waals surface area (Å²) in [6, 6.07) is 7.57. The zero-order valence-corrected chi connectivity index (χ0v) is 15.3. The van der Waals surface area contributed by atoms with Crippen LogP contribution < -0.4 is 0 Å². The molecule has 0 fully saturated rings. The number of carbonyl (C=O) groups is 3. The van der Waals surface area contributed by atoms with Crippen molar-refractivity contribution in [1.29, 1.82) is 0 Å². The van der Waals surface area contributed by atoms with E-state index in [1.165, 1.54) is 0 Å². The second-order valence-corrected chi connectivity index (χ2v) is 5.91. The number of aromatic amines is 1. The van der Waals surface area contributed by atoms with Crippen LogP contribution in [0.3, 0.4) is 0 Å². The van der Waals surface area contributed by atoms with Crippen LogP contribution in [0.25, 0.3) is 10.9 Å². The zero-order valence-electron chi connectivity index (χ0n) is 15.3. The van der Waals surface area contributed by atoms with Gasteiger partial charge in [-0.15, -0.1) is 0 Å². The number of aryl methyl sites for hydroxylation is 1. The molecule has 2 rings (SSSR count). The van der Waals surface area contributed by atoms with Gasteiger partial charge in [0, 0.05) is 35.0 Å². The first-order valence-electron chi connectivity index (χ1n) is 9.00. The van der Waals surface area contributed by atoms with E-state index in [1.54, 1.807) is 13.8 Å². The Morgan fingerprint density at radius 3 is 2.27 bits per heavy atom. The van der Waals surface area contributed by atoms with Crippen LogP contribution in [0.1, 0.15) is 55.6 Å². The molecule has 1 aromatic heterocycles. The largest absolute Gasteiger partial charge is 0.466 e. The molecule has 0 radical (unpaired) electrons. The number of nitrogens with one attached hydrogen (secondary N) is 1. The Kier molecular flexibility index (Phi) is 7.38. The third-order valence-electron chi connectivity index (χ3n) is 4.04. The van der Waals surface area contributed by atoms with Crippen molar-refractivity contribution in [3.63, 3.8) is 0 Å². The first kappa shape index (κ1) is 19.7. The first-order chi connectivity index (χ1) is 12.6. The van der Waals surface area contributed by atoms with Gasteiger partial charge in [-0.3, -0.25) is 14.4 Å². The van der Waals surface area contributed by atoms with Gasteiger partial charge in [0.25, 0.3) is 0 Å². The fourth-order valence-electron chi connectivity index (χ4n) is 2.92. The van der Waals surface area contributed by atoms with E-state index in [9.17, 15) is 14.4 Å². The number of fused-ring (bicyclic) bond motifs is 1. The molecule has 2 aromatic rings. The van der Waals surface area contributed by atoms with Gasteiger partial charge in [0.05, 0.1) is 19.6 Å². The molecule has 0 aliphatic heterocycles. The topological polar surface area (TPSA) is 85.5 Å². The predicted molar refractivity (Wildman–Crippen MR) is 98.1 cm³/mol. The van der Waals surface area contributed by atoms with Crippen molar-refractivity contribution < 1.29 is 23.9 Å². The Bertz CT molecular complexity index is 778. The maximum absolute atomic E-state index is 12.7. The van der Waals surface area contributed by atoms with Crippen molar-refractivity contribution in [1.82, 2.24) is 4.98 Å². The number of ether oxygens (including phenoxy) is 2. The van der Waals surface area contributed by atoms with E-state index in [1.807, 2.05) is 24.3 Å². The van der Waals surface area contributed by atoms with Crippen LogP contribution in [0.2, 0.25) is 0 Å². The molecule has 0 spiro atoms. The van der Waals surface area contributed by atoms with E-state index in [0.717, 1.165) is 16.6 Å². The first-order valence-corrected chi connectivity index (χ1v) is 9.00. The summed E-state index contributed by atoms with van der Waals surface area (Å²) in [6.45, 7) is 4.18. The highest BCUT2D eigenvalue weighted by Gasteiger charge is 2.19. The number of ketones is 1. The molecule has 0 unspecified atom stereocenters. The number of aromatic nitrogens is 1. The van der Waals surface area contributed by atoms with Crippen LogP contribution in [0.4, 0.5) is 0 Å². The molecule has 6 nitrogen and oxygen atoms in total. The van der Waals surface area contributed by atoms with Gasteiger partial charge in [0.15, 0.2) is 5.78 Å². The van der Waals surface area contributed by atoms with Crippen LogP contribution >= 0.6 is 0 Å². The van der Waals surface area contributed by atoms with E-state index in [2.05, 4.69) is 4.98 Å². The van der Waals surface area contributed by atoms with E-state index < -0.39 is 0 Å². The standard InChI is InChI=1S/C20H25NO5/c1-3-25-18(23)11-7-10-16-20(14-8-5-6-9-15(14)21-16)17(22)12-13-19(24)26-4-2/h5-6,8-9,21H,3-4,7,10-13H2,1-2H3. The van der Waals surface area contributed by atoms with Crippen LogP contribution in [-0.4, -0.2) is 35.9 Å². The molecule has 140 valence electrons. The normalized spacial score (nSPS) is 10.7. The number of benzene rings is 1. The number of hydrogen-bond donors (Lipinski definition) is 1. The van der Waals surface area contributed by atoms with Crippen LogP contribution in [0.5, 0.6) is 0 Å². The fraction of sp³-hybridized carbons (Fsp3) is 0.450. The second kappa shape index (κ2) is 9.75. The number of Topliss-reactive ketones (excluding diaryl/α,β-unsaturated/α-hetero) is 1. The minimum absolute atomic E-state index is 0.0639. The summed E-state index contributed by atoms with van der Waals surface area (Å²) in [7, 11) is 0. The predicted octanol–water partition coefficient (Wildman–Crippen LogP) is 3.58. The summed E-state index contributed by atoms with van der Waals surface area (Å²) in [5, 5.41) is 0.840. The molecular formula is C20H25NO5. The van der Waals surface area contributed by atoms with E-state index in [-0.39, 0.29) is 30.6 Å². The Hall–Kier alpha value is -2.63. The Balaban J connectivity index is 2.13. The van der Waals surface area contributed by atoms with Crippen molar-refractivity contribution in [3.8, 4) is 0 Å². The van der Waals surface area contributed by atoms with Crippen LogP contribution in [-0.2, 0) is 25.5 Å². The molecule has 0 amide bonds. The van der Waals surface area contributed by atoms with Gasteiger partial charge in [-0.25, -0.2) is 0 Å². The highest BCUT2D eigenvalue weighted by atomic mass is 16.5.